The van der Waals surface area contributed by atoms with Crippen molar-refractivity contribution in [1.29, 1.82) is 0 Å². The van der Waals surface area contributed by atoms with Gasteiger partial charge in [-0.15, -0.1) is 0 Å². The van der Waals surface area contributed by atoms with Crippen molar-refractivity contribution in [3.63, 3.8) is 0 Å². The van der Waals surface area contributed by atoms with Gasteiger partial charge in [-0.05, 0) is 47.0 Å². The molecule has 18 heavy (non-hydrogen) atoms. The Kier molecular flexibility index (Phi) is 4.48. The Morgan fingerprint density at radius 1 is 1.33 bits per heavy atom. The fourth-order valence-corrected chi connectivity index (χ4v) is 4.68. The van der Waals surface area contributed by atoms with Crippen molar-refractivity contribution < 1.29 is 13.2 Å². The average molecular weight is 399 g/mol. The number of halogens is 2. The average Bonchev–Trinajstić information content (AvgIpc) is 2.75. The highest BCUT2D eigenvalue weighted by Gasteiger charge is 2.25. The van der Waals surface area contributed by atoms with Crippen molar-refractivity contribution in [3.05, 3.63) is 26.6 Å². The topological polar surface area (TPSA) is 55.4 Å². The van der Waals surface area contributed by atoms with E-state index < -0.39 is 10.0 Å². The normalized spacial score (nSPS) is 20.3. The molecule has 0 saturated carbocycles. The molecule has 100 valence electrons. The second kappa shape index (κ2) is 5.58. The lowest BCUT2D eigenvalue weighted by atomic mass is 10.2. The smallest absolute Gasteiger partial charge is 0.242 e. The molecule has 1 aromatic carbocycles. The highest BCUT2D eigenvalue weighted by molar-refractivity contribution is 9.11. The Hall–Kier alpha value is 0.0500. The van der Waals surface area contributed by atoms with Gasteiger partial charge >= 0.3 is 0 Å². The van der Waals surface area contributed by atoms with Crippen molar-refractivity contribution in [1.82, 2.24) is 4.72 Å². The van der Waals surface area contributed by atoms with Crippen LogP contribution in [0.1, 0.15) is 12.0 Å². The largest absolute Gasteiger partial charge is 0.380 e. The number of nitrogens with one attached hydrogen (secondary N) is 1. The summed E-state index contributed by atoms with van der Waals surface area (Å²) >= 11 is 6.64. The van der Waals surface area contributed by atoms with Gasteiger partial charge < -0.3 is 4.74 Å². The number of rotatable bonds is 3. The molecule has 7 heteroatoms. The molecule has 1 aliphatic heterocycles. The van der Waals surface area contributed by atoms with Crippen LogP contribution in [0.2, 0.25) is 0 Å². The van der Waals surface area contributed by atoms with Gasteiger partial charge in [-0.25, -0.2) is 13.1 Å². The maximum absolute atomic E-state index is 12.3. The molecule has 0 aliphatic carbocycles. The first kappa shape index (κ1) is 14.5. The van der Waals surface area contributed by atoms with Crippen LogP contribution in [0, 0.1) is 6.92 Å². The van der Waals surface area contributed by atoms with Crippen LogP contribution < -0.4 is 4.72 Å². The highest BCUT2D eigenvalue weighted by atomic mass is 79.9. The first-order valence-corrected chi connectivity index (χ1v) is 8.53. The predicted molar refractivity (Wildman–Crippen MR) is 76.1 cm³/mol. The van der Waals surface area contributed by atoms with E-state index in [9.17, 15) is 8.42 Å². The molecular weight excluding hydrogens is 386 g/mol. The maximum Gasteiger partial charge on any atom is 0.242 e. The zero-order valence-electron chi connectivity index (χ0n) is 9.74. The van der Waals surface area contributed by atoms with Gasteiger partial charge in [0.25, 0.3) is 0 Å². The van der Waals surface area contributed by atoms with Crippen LogP contribution in [0.25, 0.3) is 0 Å². The molecule has 0 radical (unpaired) electrons. The van der Waals surface area contributed by atoms with Crippen LogP contribution in [0.5, 0.6) is 0 Å². The van der Waals surface area contributed by atoms with E-state index in [1.807, 2.05) is 6.92 Å². The summed E-state index contributed by atoms with van der Waals surface area (Å²) in [5, 5.41) is 0. The predicted octanol–water partition coefficient (Wildman–Crippen LogP) is 2.59. The number of sulfonamides is 1. The molecule has 2 rings (SSSR count). The van der Waals surface area contributed by atoms with Gasteiger partial charge in [0.2, 0.25) is 10.0 Å². The van der Waals surface area contributed by atoms with E-state index in [0.717, 1.165) is 10.0 Å². The summed E-state index contributed by atoms with van der Waals surface area (Å²) in [6.07, 6.45) is 0.712. The van der Waals surface area contributed by atoms with Gasteiger partial charge in [-0.3, -0.25) is 0 Å². The minimum Gasteiger partial charge on any atom is -0.380 e. The maximum atomic E-state index is 12.3. The lowest BCUT2D eigenvalue weighted by Crippen LogP contribution is -2.35. The minimum absolute atomic E-state index is 0.137. The Morgan fingerprint density at radius 3 is 2.67 bits per heavy atom. The summed E-state index contributed by atoms with van der Waals surface area (Å²) in [6, 6.07) is 3.25. The Morgan fingerprint density at radius 2 is 2.06 bits per heavy atom. The summed E-state index contributed by atoms with van der Waals surface area (Å²) in [6.45, 7) is 2.94. The standard InChI is InChI=1S/C11H13Br2NO3S/c1-7-4-10(13)11(5-9(7)12)18(15,16)14-8-2-3-17-6-8/h4-5,8,14H,2-3,6H2,1H3. The third kappa shape index (κ3) is 3.14. The Labute approximate surface area is 123 Å². The van der Waals surface area contributed by atoms with E-state index in [2.05, 4.69) is 36.6 Å². The molecule has 1 atom stereocenters. The summed E-state index contributed by atoms with van der Waals surface area (Å²) in [4.78, 5) is 0.242. The molecule has 4 nitrogen and oxygen atoms in total. The SMILES string of the molecule is Cc1cc(Br)c(S(=O)(=O)NC2CCOC2)cc1Br. The number of aryl methyl sites for hydroxylation is 1. The number of hydrogen-bond acceptors (Lipinski definition) is 3. The second-order valence-electron chi connectivity index (χ2n) is 4.21. The van der Waals surface area contributed by atoms with Crippen LogP contribution in [-0.4, -0.2) is 27.7 Å². The van der Waals surface area contributed by atoms with Crippen LogP contribution in [0.15, 0.2) is 26.0 Å². The van der Waals surface area contributed by atoms with Gasteiger partial charge in [-0.2, -0.15) is 0 Å². The van der Waals surface area contributed by atoms with Crippen LogP contribution in [0.3, 0.4) is 0 Å². The summed E-state index contributed by atoms with van der Waals surface area (Å²) < 4.78 is 33.7. The van der Waals surface area contributed by atoms with Crippen LogP contribution in [-0.2, 0) is 14.8 Å². The lowest BCUT2D eigenvalue weighted by Gasteiger charge is -2.13. The first-order valence-electron chi connectivity index (χ1n) is 5.46. The summed E-state index contributed by atoms with van der Waals surface area (Å²) in [5.74, 6) is 0. The van der Waals surface area contributed by atoms with E-state index in [1.54, 1.807) is 12.1 Å². The van der Waals surface area contributed by atoms with Gasteiger partial charge in [0, 0.05) is 21.6 Å². The third-order valence-corrected chi connectivity index (χ3v) is 6.09. The van der Waals surface area contributed by atoms with Crippen LogP contribution in [0.4, 0.5) is 0 Å². The molecule has 1 aromatic rings. The number of hydrogen-bond donors (Lipinski definition) is 1. The Bertz CT molecular complexity index is 554. The van der Waals surface area contributed by atoms with Gasteiger partial charge in [-0.1, -0.05) is 15.9 Å². The van der Waals surface area contributed by atoms with Crippen molar-refractivity contribution in [3.8, 4) is 0 Å². The van der Waals surface area contributed by atoms with E-state index in [4.69, 9.17) is 4.74 Å². The molecular formula is C11H13Br2NO3S. The van der Waals surface area contributed by atoms with Gasteiger partial charge in [0.05, 0.1) is 11.5 Å². The molecule has 0 amide bonds. The highest BCUT2D eigenvalue weighted by Crippen LogP contribution is 2.29. The molecule has 0 spiro atoms. The molecule has 1 N–H and O–H groups in total. The van der Waals surface area contributed by atoms with Crippen LogP contribution >= 0.6 is 31.9 Å². The van der Waals surface area contributed by atoms with Gasteiger partial charge in [0.15, 0.2) is 0 Å². The van der Waals surface area contributed by atoms with E-state index in [-0.39, 0.29) is 10.9 Å². The first-order chi connectivity index (χ1) is 8.40. The van der Waals surface area contributed by atoms with E-state index in [1.165, 1.54) is 0 Å². The zero-order valence-corrected chi connectivity index (χ0v) is 13.7. The molecule has 0 bridgehead atoms. The van der Waals surface area contributed by atoms with E-state index in [0.29, 0.717) is 24.1 Å². The Balaban J connectivity index is 2.31. The fraction of sp³-hybridized carbons (Fsp3) is 0.455. The number of benzene rings is 1. The lowest BCUT2D eigenvalue weighted by molar-refractivity contribution is 0.192. The molecule has 0 aromatic heterocycles. The van der Waals surface area contributed by atoms with E-state index >= 15 is 0 Å². The molecule has 1 aliphatic rings. The summed E-state index contributed by atoms with van der Waals surface area (Å²) in [7, 11) is -3.52. The van der Waals surface area contributed by atoms with Crippen molar-refractivity contribution in [2.24, 2.45) is 0 Å². The van der Waals surface area contributed by atoms with Crippen molar-refractivity contribution >= 4 is 41.9 Å². The minimum atomic E-state index is -3.52. The third-order valence-electron chi connectivity index (χ3n) is 2.75. The fourth-order valence-electron chi connectivity index (χ4n) is 1.74. The molecule has 1 heterocycles. The summed E-state index contributed by atoms with van der Waals surface area (Å²) in [5.41, 5.74) is 0.977. The number of ether oxygens (including phenoxy) is 1. The molecule has 1 fully saturated rings. The molecule has 1 unspecified atom stereocenters. The van der Waals surface area contributed by atoms with Crippen molar-refractivity contribution in [2.75, 3.05) is 13.2 Å². The van der Waals surface area contributed by atoms with Crippen molar-refractivity contribution in [2.45, 2.75) is 24.3 Å². The zero-order chi connectivity index (χ0) is 13.3. The second-order valence-corrected chi connectivity index (χ2v) is 7.60. The van der Waals surface area contributed by atoms with Gasteiger partial charge in [0.1, 0.15) is 0 Å². The molecule has 1 saturated heterocycles. The quantitative estimate of drug-likeness (QED) is 0.851. The monoisotopic (exact) mass is 397 g/mol.